The summed E-state index contributed by atoms with van der Waals surface area (Å²) in [6.45, 7) is 2.87. The molecule has 3 aromatic rings. The van der Waals surface area contributed by atoms with Crippen LogP contribution in [0, 0.1) is 6.92 Å². The van der Waals surface area contributed by atoms with Gasteiger partial charge >= 0.3 is 0 Å². The first-order valence-electron chi connectivity index (χ1n) is 8.40. The van der Waals surface area contributed by atoms with E-state index in [1.807, 2.05) is 25.1 Å². The van der Waals surface area contributed by atoms with Gasteiger partial charge in [-0.25, -0.2) is 4.98 Å². The maximum Gasteiger partial charge on any atom is 0.257 e. The lowest BCUT2D eigenvalue weighted by atomic mass is 10.1. The van der Waals surface area contributed by atoms with Crippen LogP contribution in [0.25, 0.3) is 11.3 Å². The Balaban J connectivity index is 1.56. The molecule has 1 aliphatic rings. The molecule has 2 heterocycles. The molecule has 4 rings (SSSR count). The van der Waals surface area contributed by atoms with Crippen LogP contribution >= 0.6 is 11.6 Å². The molecule has 7 heteroatoms. The highest BCUT2D eigenvalue weighted by Gasteiger charge is 2.17. The Labute approximate surface area is 161 Å². The van der Waals surface area contributed by atoms with Crippen molar-refractivity contribution in [2.75, 3.05) is 18.5 Å². The van der Waals surface area contributed by atoms with Crippen molar-refractivity contribution in [3.8, 4) is 22.8 Å². The molecule has 0 bridgehead atoms. The molecule has 0 spiro atoms. The maximum absolute atomic E-state index is 12.4. The summed E-state index contributed by atoms with van der Waals surface area (Å²) in [6, 6.07) is 10.8. The number of halogens is 1. The summed E-state index contributed by atoms with van der Waals surface area (Å²) in [5.74, 6) is 1.37. The number of carbonyl (C=O) groups excluding carboxylic acids is 1. The van der Waals surface area contributed by atoms with E-state index in [0.29, 0.717) is 52.4 Å². The Kier molecular flexibility index (Phi) is 4.64. The van der Waals surface area contributed by atoms with Gasteiger partial charge in [-0.3, -0.25) is 9.78 Å². The first-order chi connectivity index (χ1) is 13.1. The van der Waals surface area contributed by atoms with Crippen LogP contribution in [0.2, 0.25) is 5.02 Å². The molecule has 27 heavy (non-hydrogen) atoms. The molecule has 1 aliphatic heterocycles. The maximum atomic E-state index is 12.4. The molecular formula is C20H16ClN3O3. The van der Waals surface area contributed by atoms with E-state index < -0.39 is 0 Å². The van der Waals surface area contributed by atoms with Gasteiger partial charge in [0.15, 0.2) is 17.3 Å². The van der Waals surface area contributed by atoms with E-state index in [-0.39, 0.29) is 5.91 Å². The highest BCUT2D eigenvalue weighted by molar-refractivity contribution is 6.33. The van der Waals surface area contributed by atoms with Crippen molar-refractivity contribution in [3.05, 3.63) is 64.9 Å². The summed E-state index contributed by atoms with van der Waals surface area (Å²) in [6.07, 6.45) is 3.06. The number of hydrogen-bond acceptors (Lipinski definition) is 5. The molecule has 136 valence electrons. The fraction of sp³-hybridized carbons (Fsp3) is 0.150. The zero-order valence-electron chi connectivity index (χ0n) is 14.5. The van der Waals surface area contributed by atoms with Gasteiger partial charge in [-0.2, -0.15) is 0 Å². The number of aryl methyl sites for hydroxylation is 1. The van der Waals surface area contributed by atoms with Gasteiger partial charge in [0.25, 0.3) is 5.91 Å². The van der Waals surface area contributed by atoms with E-state index in [1.54, 1.807) is 24.4 Å². The number of aromatic nitrogens is 2. The number of amides is 1. The quantitative estimate of drug-likeness (QED) is 0.738. The molecule has 0 atom stereocenters. The Morgan fingerprint density at radius 2 is 1.81 bits per heavy atom. The van der Waals surface area contributed by atoms with Crippen LogP contribution in [0.5, 0.6) is 11.5 Å². The van der Waals surface area contributed by atoms with Crippen LogP contribution in [-0.4, -0.2) is 29.1 Å². The monoisotopic (exact) mass is 381 g/mol. The molecule has 0 saturated carbocycles. The summed E-state index contributed by atoms with van der Waals surface area (Å²) in [5.41, 5.74) is 2.75. The van der Waals surface area contributed by atoms with Crippen LogP contribution in [0.15, 0.2) is 48.8 Å². The van der Waals surface area contributed by atoms with Crippen molar-refractivity contribution in [2.24, 2.45) is 0 Å². The molecule has 0 fully saturated rings. The van der Waals surface area contributed by atoms with Crippen LogP contribution in [0.1, 0.15) is 15.9 Å². The summed E-state index contributed by atoms with van der Waals surface area (Å²) in [5, 5.41) is 3.24. The van der Waals surface area contributed by atoms with E-state index in [1.165, 1.54) is 6.20 Å². The molecule has 2 aromatic carbocycles. The summed E-state index contributed by atoms with van der Waals surface area (Å²) < 4.78 is 11.1. The standard InChI is InChI=1S/C20H16ClN3O3/c1-12-4-2-3-5-13(12)20(25)24-19-11-22-16(10-23-19)14-8-17-18(9-15(14)21)27-7-6-26-17/h2-5,8-11H,6-7H2,1H3,(H,23,24,25). The van der Waals surface area contributed by atoms with E-state index in [9.17, 15) is 4.79 Å². The van der Waals surface area contributed by atoms with E-state index >= 15 is 0 Å². The lowest BCUT2D eigenvalue weighted by Gasteiger charge is -2.19. The summed E-state index contributed by atoms with van der Waals surface area (Å²) >= 11 is 6.34. The second-order valence-corrected chi connectivity index (χ2v) is 6.44. The van der Waals surface area contributed by atoms with Crippen molar-refractivity contribution in [1.82, 2.24) is 9.97 Å². The third-order valence-corrected chi connectivity index (χ3v) is 4.50. The number of ether oxygens (including phenoxy) is 2. The van der Waals surface area contributed by atoms with Gasteiger partial charge in [0.1, 0.15) is 13.2 Å². The third kappa shape index (κ3) is 3.57. The van der Waals surface area contributed by atoms with E-state index in [0.717, 1.165) is 5.56 Å². The van der Waals surface area contributed by atoms with Crippen molar-refractivity contribution in [1.29, 1.82) is 0 Å². The Bertz CT molecular complexity index is 1010. The zero-order valence-corrected chi connectivity index (χ0v) is 15.3. The van der Waals surface area contributed by atoms with Crippen molar-refractivity contribution >= 4 is 23.3 Å². The van der Waals surface area contributed by atoms with Crippen molar-refractivity contribution < 1.29 is 14.3 Å². The lowest BCUT2D eigenvalue weighted by molar-refractivity contribution is 0.102. The summed E-state index contributed by atoms with van der Waals surface area (Å²) in [4.78, 5) is 21.0. The topological polar surface area (TPSA) is 73.3 Å². The minimum absolute atomic E-state index is 0.229. The van der Waals surface area contributed by atoms with Crippen LogP contribution in [0.4, 0.5) is 5.82 Å². The first kappa shape index (κ1) is 17.3. The highest BCUT2D eigenvalue weighted by Crippen LogP contribution is 2.39. The highest BCUT2D eigenvalue weighted by atomic mass is 35.5. The lowest BCUT2D eigenvalue weighted by Crippen LogP contribution is -2.15. The Morgan fingerprint density at radius 1 is 1.07 bits per heavy atom. The number of carbonyl (C=O) groups is 1. The molecule has 0 aliphatic carbocycles. The van der Waals surface area contributed by atoms with Crippen LogP contribution in [0.3, 0.4) is 0 Å². The number of nitrogens with one attached hydrogen (secondary N) is 1. The summed E-state index contributed by atoms with van der Waals surface area (Å²) in [7, 11) is 0. The SMILES string of the molecule is Cc1ccccc1C(=O)Nc1cnc(-c2cc3c(cc2Cl)OCCO3)cn1. The molecular weight excluding hydrogens is 366 g/mol. The smallest absolute Gasteiger partial charge is 0.257 e. The average Bonchev–Trinajstić information content (AvgIpc) is 2.68. The molecule has 1 aromatic heterocycles. The van der Waals surface area contributed by atoms with Crippen LogP contribution < -0.4 is 14.8 Å². The van der Waals surface area contributed by atoms with Gasteiger partial charge in [-0.1, -0.05) is 29.8 Å². The minimum Gasteiger partial charge on any atom is -0.486 e. The Hall–Kier alpha value is -3.12. The predicted octanol–water partition coefficient (Wildman–Crippen LogP) is 4.13. The second-order valence-electron chi connectivity index (χ2n) is 6.03. The van der Waals surface area contributed by atoms with Gasteiger partial charge in [0.2, 0.25) is 0 Å². The zero-order chi connectivity index (χ0) is 18.8. The molecule has 1 amide bonds. The Morgan fingerprint density at radius 3 is 2.52 bits per heavy atom. The number of benzene rings is 2. The number of anilines is 1. The average molecular weight is 382 g/mol. The first-order valence-corrected chi connectivity index (χ1v) is 8.78. The van der Waals surface area contributed by atoms with E-state index in [4.69, 9.17) is 21.1 Å². The van der Waals surface area contributed by atoms with Gasteiger partial charge in [0.05, 0.1) is 23.1 Å². The molecule has 1 N–H and O–H groups in total. The molecule has 0 saturated heterocycles. The normalized spacial score (nSPS) is 12.5. The van der Waals surface area contributed by atoms with Gasteiger partial charge in [0, 0.05) is 17.2 Å². The second kappa shape index (κ2) is 7.25. The number of nitrogens with zero attached hydrogens (tertiary/aromatic N) is 2. The molecule has 0 radical (unpaired) electrons. The molecule has 0 unspecified atom stereocenters. The van der Waals surface area contributed by atoms with Gasteiger partial charge < -0.3 is 14.8 Å². The van der Waals surface area contributed by atoms with Crippen LogP contribution in [-0.2, 0) is 0 Å². The fourth-order valence-electron chi connectivity index (χ4n) is 2.80. The third-order valence-electron chi connectivity index (χ3n) is 4.19. The fourth-order valence-corrected chi connectivity index (χ4v) is 3.05. The minimum atomic E-state index is -0.229. The largest absolute Gasteiger partial charge is 0.486 e. The van der Waals surface area contributed by atoms with Crippen molar-refractivity contribution in [2.45, 2.75) is 6.92 Å². The number of fused-ring (bicyclic) bond motifs is 1. The molecule has 6 nitrogen and oxygen atoms in total. The predicted molar refractivity (Wildman–Crippen MR) is 103 cm³/mol. The number of hydrogen-bond donors (Lipinski definition) is 1. The number of rotatable bonds is 3. The van der Waals surface area contributed by atoms with Gasteiger partial charge in [-0.05, 0) is 24.6 Å². The van der Waals surface area contributed by atoms with E-state index in [2.05, 4.69) is 15.3 Å². The van der Waals surface area contributed by atoms with Crippen molar-refractivity contribution in [3.63, 3.8) is 0 Å². The van der Waals surface area contributed by atoms with Gasteiger partial charge in [-0.15, -0.1) is 0 Å².